The fraction of sp³-hybridized carbons (Fsp3) is 0.0833. The van der Waals surface area contributed by atoms with Gasteiger partial charge in [0.25, 0.3) is 0 Å². The van der Waals surface area contributed by atoms with E-state index in [4.69, 9.17) is 34.9 Å². The molecule has 0 aliphatic heterocycles. The van der Waals surface area contributed by atoms with Crippen molar-refractivity contribution in [2.24, 2.45) is 0 Å². The molecule has 0 radical (unpaired) electrons. The van der Waals surface area contributed by atoms with Crippen molar-refractivity contribution in [3.63, 3.8) is 0 Å². The van der Waals surface area contributed by atoms with E-state index in [1.807, 2.05) is 103 Å². The number of tetrazole rings is 1. The van der Waals surface area contributed by atoms with E-state index in [9.17, 15) is 0 Å². The van der Waals surface area contributed by atoms with Gasteiger partial charge in [-0.2, -0.15) is 0 Å². The minimum absolute atomic E-state index is 0.343. The molecule has 0 N–H and O–H groups in total. The summed E-state index contributed by atoms with van der Waals surface area (Å²) in [5.41, 5.74) is 8.40. The van der Waals surface area contributed by atoms with Crippen molar-refractivity contribution in [1.29, 1.82) is 0 Å². The van der Waals surface area contributed by atoms with E-state index in [1.54, 1.807) is 17.2 Å². The molecule has 9 aromatic rings. The molecule has 9 rings (SSSR count). The molecular weight excluding hydrogens is 707 g/mol. The average Bonchev–Trinajstić information content (AvgIpc) is 3.78. The molecule has 0 bridgehead atoms. The Labute approximate surface area is 330 Å². The Balaban J connectivity index is 1.02. The number of aryl methyl sites for hydroxylation is 1. The molecule has 4 heterocycles. The standard InChI is InChI=1S/C48H37N7O2/c1-2-39-31-44(46-43(50-39)28-29-45(51-46)57-40-21-14-30-49-32-40)56-33-34-24-26-35(27-25-34)41-22-12-13-23-42(41)47-52-54-55(53-47)48(36-15-6-3-7-16-36,37-17-8-4-9-18-37)38-19-10-5-11-20-38/h3-32H,2,33H2,1H3. The van der Waals surface area contributed by atoms with Crippen LogP contribution in [0.5, 0.6) is 17.4 Å². The fourth-order valence-electron chi connectivity index (χ4n) is 7.21. The number of fused-ring (bicyclic) bond motifs is 1. The summed E-state index contributed by atoms with van der Waals surface area (Å²) in [5, 5.41) is 14.7. The van der Waals surface area contributed by atoms with Crippen LogP contribution in [0.2, 0.25) is 0 Å². The van der Waals surface area contributed by atoms with E-state index in [0.717, 1.165) is 56.6 Å². The third kappa shape index (κ3) is 6.98. The lowest BCUT2D eigenvalue weighted by Crippen LogP contribution is -2.39. The first-order valence-electron chi connectivity index (χ1n) is 18.9. The van der Waals surface area contributed by atoms with E-state index in [-0.39, 0.29) is 0 Å². The SMILES string of the molecule is CCc1cc(OCc2ccc(-c3ccccc3-c3nnn(C(c4ccccc4)(c4ccccc4)c4ccccc4)n3)cc2)c2nc(Oc3cccnc3)ccc2n1. The molecule has 0 atom stereocenters. The molecule has 4 aromatic heterocycles. The van der Waals surface area contributed by atoms with Crippen LogP contribution in [0.3, 0.4) is 0 Å². The number of hydrogen-bond acceptors (Lipinski definition) is 8. The van der Waals surface area contributed by atoms with Crippen LogP contribution in [0.4, 0.5) is 0 Å². The highest BCUT2D eigenvalue weighted by Crippen LogP contribution is 2.40. The number of pyridine rings is 3. The molecule has 0 saturated heterocycles. The predicted molar refractivity (Wildman–Crippen MR) is 221 cm³/mol. The van der Waals surface area contributed by atoms with Crippen molar-refractivity contribution in [2.75, 3.05) is 0 Å². The number of nitrogens with zero attached hydrogens (tertiary/aromatic N) is 7. The first-order chi connectivity index (χ1) is 28.2. The molecule has 0 aliphatic rings. The van der Waals surface area contributed by atoms with Crippen molar-refractivity contribution in [3.05, 3.63) is 210 Å². The van der Waals surface area contributed by atoms with Gasteiger partial charge in [-0.1, -0.05) is 146 Å². The Morgan fingerprint density at radius 1 is 0.632 bits per heavy atom. The smallest absolute Gasteiger partial charge is 0.220 e. The van der Waals surface area contributed by atoms with E-state index < -0.39 is 5.54 Å². The first-order valence-corrected chi connectivity index (χ1v) is 18.9. The molecule has 0 amide bonds. The van der Waals surface area contributed by atoms with E-state index in [2.05, 4.69) is 78.6 Å². The van der Waals surface area contributed by atoms with Gasteiger partial charge in [0.05, 0.1) is 11.7 Å². The molecule has 0 spiro atoms. The molecule has 5 aromatic carbocycles. The van der Waals surface area contributed by atoms with Crippen LogP contribution in [0, 0.1) is 0 Å². The van der Waals surface area contributed by atoms with E-state index in [0.29, 0.717) is 35.3 Å². The minimum atomic E-state index is -0.868. The molecule has 57 heavy (non-hydrogen) atoms. The van der Waals surface area contributed by atoms with Crippen molar-refractivity contribution < 1.29 is 9.47 Å². The highest BCUT2D eigenvalue weighted by molar-refractivity contribution is 5.82. The summed E-state index contributed by atoms with van der Waals surface area (Å²) in [6.45, 7) is 2.42. The largest absolute Gasteiger partial charge is 0.486 e. The lowest BCUT2D eigenvalue weighted by molar-refractivity contribution is 0.308. The van der Waals surface area contributed by atoms with Crippen molar-refractivity contribution in [3.8, 4) is 39.9 Å². The van der Waals surface area contributed by atoms with Crippen LogP contribution in [-0.4, -0.2) is 35.2 Å². The van der Waals surface area contributed by atoms with Gasteiger partial charge < -0.3 is 9.47 Å². The Morgan fingerprint density at radius 2 is 1.28 bits per heavy atom. The molecule has 0 unspecified atom stereocenters. The van der Waals surface area contributed by atoms with Crippen LogP contribution in [0.1, 0.15) is 34.9 Å². The van der Waals surface area contributed by atoms with Crippen LogP contribution in [0.25, 0.3) is 33.5 Å². The van der Waals surface area contributed by atoms with Gasteiger partial charge in [0.15, 0.2) is 5.54 Å². The third-order valence-electron chi connectivity index (χ3n) is 9.98. The Hall–Kier alpha value is -7.52. The number of ether oxygens (including phenoxy) is 2. The van der Waals surface area contributed by atoms with Gasteiger partial charge in [-0.25, -0.2) is 4.98 Å². The zero-order valence-electron chi connectivity index (χ0n) is 31.2. The predicted octanol–water partition coefficient (Wildman–Crippen LogP) is 10.1. The highest BCUT2D eigenvalue weighted by atomic mass is 16.5. The van der Waals surface area contributed by atoms with Gasteiger partial charge >= 0.3 is 0 Å². The molecule has 0 aliphatic carbocycles. The maximum Gasteiger partial charge on any atom is 0.220 e. The molecule has 276 valence electrons. The lowest BCUT2D eigenvalue weighted by Gasteiger charge is -2.34. The van der Waals surface area contributed by atoms with Crippen molar-refractivity contribution >= 4 is 11.0 Å². The van der Waals surface area contributed by atoms with Crippen LogP contribution in [-0.2, 0) is 18.6 Å². The van der Waals surface area contributed by atoms with Gasteiger partial charge in [-0.3, -0.25) is 9.97 Å². The second-order valence-electron chi connectivity index (χ2n) is 13.5. The van der Waals surface area contributed by atoms with Gasteiger partial charge in [0.1, 0.15) is 23.6 Å². The number of aromatic nitrogens is 7. The monoisotopic (exact) mass is 743 g/mol. The number of benzene rings is 5. The van der Waals surface area contributed by atoms with Gasteiger partial charge in [0, 0.05) is 29.6 Å². The van der Waals surface area contributed by atoms with Gasteiger partial charge in [-0.15, -0.1) is 15.0 Å². The fourth-order valence-corrected chi connectivity index (χ4v) is 7.21. The van der Waals surface area contributed by atoms with Gasteiger partial charge in [-0.05, 0) is 63.2 Å². The molecule has 9 heteroatoms. The topological polar surface area (TPSA) is 101 Å². The summed E-state index contributed by atoms with van der Waals surface area (Å²) in [4.78, 5) is 15.4. The Bertz CT molecular complexity index is 2650. The lowest BCUT2D eigenvalue weighted by atomic mass is 9.77. The maximum absolute atomic E-state index is 6.43. The molecular formula is C48H37N7O2. The second kappa shape index (κ2) is 15.7. The zero-order valence-corrected chi connectivity index (χ0v) is 31.2. The first kappa shape index (κ1) is 35.2. The summed E-state index contributed by atoms with van der Waals surface area (Å²) in [6, 6.07) is 56.9. The summed E-state index contributed by atoms with van der Waals surface area (Å²) in [7, 11) is 0. The Kier molecular flexibility index (Phi) is 9.68. The third-order valence-corrected chi connectivity index (χ3v) is 9.98. The second-order valence-corrected chi connectivity index (χ2v) is 13.5. The summed E-state index contributed by atoms with van der Waals surface area (Å²) in [5.74, 6) is 2.22. The summed E-state index contributed by atoms with van der Waals surface area (Å²) in [6.07, 6.45) is 4.12. The minimum Gasteiger partial charge on any atom is -0.486 e. The van der Waals surface area contributed by atoms with Crippen LogP contribution in [0.15, 0.2) is 182 Å². The van der Waals surface area contributed by atoms with E-state index in [1.165, 1.54) is 0 Å². The molecule has 9 nitrogen and oxygen atoms in total. The van der Waals surface area contributed by atoms with E-state index >= 15 is 0 Å². The Morgan fingerprint density at radius 3 is 1.91 bits per heavy atom. The van der Waals surface area contributed by atoms with Gasteiger partial charge in [0.2, 0.25) is 11.7 Å². The summed E-state index contributed by atoms with van der Waals surface area (Å²) >= 11 is 0. The number of hydrogen-bond donors (Lipinski definition) is 0. The van der Waals surface area contributed by atoms with Crippen LogP contribution < -0.4 is 9.47 Å². The zero-order chi connectivity index (χ0) is 38.4. The highest BCUT2D eigenvalue weighted by Gasteiger charge is 2.41. The quantitative estimate of drug-likeness (QED) is 0.114. The average molecular weight is 744 g/mol. The van der Waals surface area contributed by atoms with Crippen molar-refractivity contribution in [1.82, 2.24) is 35.2 Å². The summed E-state index contributed by atoms with van der Waals surface area (Å²) < 4.78 is 12.4. The molecule has 0 saturated carbocycles. The maximum atomic E-state index is 6.43. The van der Waals surface area contributed by atoms with Crippen molar-refractivity contribution in [2.45, 2.75) is 25.5 Å². The normalized spacial score (nSPS) is 11.4. The van der Waals surface area contributed by atoms with Crippen LogP contribution >= 0.6 is 0 Å². The number of rotatable bonds is 12. The molecule has 0 fully saturated rings.